The van der Waals surface area contributed by atoms with Crippen molar-refractivity contribution in [3.8, 4) is 5.75 Å². The van der Waals surface area contributed by atoms with Crippen molar-refractivity contribution in [2.75, 3.05) is 31.1 Å². The number of halogens is 1. The molecule has 2 N–H and O–H groups in total. The Morgan fingerprint density at radius 3 is 2.32 bits per heavy atom. The number of nitrogens with one attached hydrogen (secondary N) is 1. The Hall–Kier alpha value is -1.71. The Bertz CT molecular complexity index is 621. The van der Waals surface area contributed by atoms with Gasteiger partial charge in [-0.3, -0.25) is 0 Å². The average Bonchev–Trinajstić information content (AvgIpc) is 2.56. The van der Waals surface area contributed by atoms with E-state index in [2.05, 4.69) is 24.0 Å². The summed E-state index contributed by atoms with van der Waals surface area (Å²) in [7, 11) is 0. The van der Waals surface area contributed by atoms with Crippen LogP contribution in [0, 0.1) is 0 Å². The van der Waals surface area contributed by atoms with Crippen LogP contribution < -0.4 is 9.80 Å². The molecule has 1 heterocycles. The van der Waals surface area contributed by atoms with Crippen molar-refractivity contribution < 1.29 is 10.0 Å². The third kappa shape index (κ3) is 3.21. The van der Waals surface area contributed by atoms with Crippen molar-refractivity contribution in [1.29, 1.82) is 0 Å². The molecule has 0 aromatic heterocycles. The molecule has 0 saturated carbocycles. The summed E-state index contributed by atoms with van der Waals surface area (Å²) in [5.74, 6) is 0.320. The van der Waals surface area contributed by atoms with Gasteiger partial charge in [-0.1, -0.05) is 29.8 Å². The molecule has 3 rings (SSSR count). The highest BCUT2D eigenvalue weighted by Crippen LogP contribution is 2.21. The number of hydrogen-bond donors (Lipinski definition) is 2. The van der Waals surface area contributed by atoms with Crippen LogP contribution in [-0.4, -0.2) is 31.3 Å². The predicted molar refractivity (Wildman–Crippen MR) is 90.9 cm³/mol. The first-order valence-corrected chi connectivity index (χ1v) is 8.16. The molecule has 1 aliphatic rings. The van der Waals surface area contributed by atoms with Gasteiger partial charge in [-0.05, 0) is 37.3 Å². The van der Waals surface area contributed by atoms with Crippen LogP contribution in [0.1, 0.15) is 18.5 Å². The van der Waals surface area contributed by atoms with E-state index in [1.807, 2.05) is 24.3 Å². The van der Waals surface area contributed by atoms with Gasteiger partial charge in [-0.15, -0.1) is 0 Å². The maximum Gasteiger partial charge on any atom is 0.115 e. The average molecular weight is 318 g/mol. The van der Waals surface area contributed by atoms with Crippen LogP contribution in [0.5, 0.6) is 5.75 Å². The van der Waals surface area contributed by atoms with Gasteiger partial charge in [0.25, 0.3) is 0 Å². The van der Waals surface area contributed by atoms with E-state index in [4.69, 9.17) is 11.6 Å². The molecular weight excluding hydrogens is 296 g/mol. The van der Waals surface area contributed by atoms with Gasteiger partial charge in [0.1, 0.15) is 11.8 Å². The molecule has 0 spiro atoms. The van der Waals surface area contributed by atoms with Gasteiger partial charge in [-0.2, -0.15) is 0 Å². The maximum absolute atomic E-state index is 9.39. The number of phenols is 1. The van der Waals surface area contributed by atoms with Crippen LogP contribution in [0.15, 0.2) is 48.5 Å². The first-order chi connectivity index (χ1) is 10.6. The van der Waals surface area contributed by atoms with Crippen LogP contribution in [0.4, 0.5) is 5.69 Å². The van der Waals surface area contributed by atoms with Crippen LogP contribution in [0.3, 0.4) is 0 Å². The van der Waals surface area contributed by atoms with Gasteiger partial charge in [0.2, 0.25) is 0 Å². The van der Waals surface area contributed by atoms with Crippen LogP contribution >= 0.6 is 11.6 Å². The number of nitrogens with zero attached hydrogens (tertiary/aromatic N) is 1. The molecule has 0 radical (unpaired) electrons. The molecule has 116 valence electrons. The van der Waals surface area contributed by atoms with E-state index in [1.54, 1.807) is 17.0 Å². The Kier molecular flexibility index (Phi) is 4.55. The Morgan fingerprint density at radius 2 is 1.68 bits per heavy atom. The minimum atomic E-state index is 0.320. The SMILES string of the molecule is C[C@H](c1ccccc1Cl)[NH+]1CCN(c2ccc(O)cc2)CC1. The van der Waals surface area contributed by atoms with Gasteiger partial charge in [0, 0.05) is 16.3 Å². The highest BCUT2D eigenvalue weighted by atomic mass is 35.5. The molecule has 0 unspecified atom stereocenters. The van der Waals surface area contributed by atoms with Crippen molar-refractivity contribution in [2.45, 2.75) is 13.0 Å². The molecule has 0 amide bonds. The highest BCUT2D eigenvalue weighted by molar-refractivity contribution is 6.31. The van der Waals surface area contributed by atoms with Gasteiger partial charge in [-0.25, -0.2) is 0 Å². The first-order valence-electron chi connectivity index (χ1n) is 7.78. The molecule has 1 fully saturated rings. The van der Waals surface area contributed by atoms with E-state index >= 15 is 0 Å². The van der Waals surface area contributed by atoms with E-state index < -0.39 is 0 Å². The second-order valence-electron chi connectivity index (χ2n) is 5.90. The molecule has 4 heteroatoms. The molecule has 3 nitrogen and oxygen atoms in total. The van der Waals surface area contributed by atoms with Crippen molar-refractivity contribution in [2.24, 2.45) is 0 Å². The molecule has 1 saturated heterocycles. The van der Waals surface area contributed by atoms with Crippen LogP contribution in [0.25, 0.3) is 0 Å². The summed E-state index contributed by atoms with van der Waals surface area (Å²) in [4.78, 5) is 3.95. The lowest BCUT2D eigenvalue weighted by atomic mass is 10.1. The fourth-order valence-corrected chi connectivity index (χ4v) is 3.49. The molecule has 0 aliphatic carbocycles. The lowest BCUT2D eigenvalue weighted by Crippen LogP contribution is -3.14. The van der Waals surface area contributed by atoms with Crippen molar-refractivity contribution in [3.63, 3.8) is 0 Å². The summed E-state index contributed by atoms with van der Waals surface area (Å²) in [5, 5.41) is 10.3. The summed E-state index contributed by atoms with van der Waals surface area (Å²) in [6.45, 7) is 6.48. The topological polar surface area (TPSA) is 27.9 Å². The Labute approximate surface area is 136 Å². The normalized spacial score (nSPS) is 17.5. The predicted octanol–water partition coefficient (Wildman–Crippen LogP) is 2.51. The van der Waals surface area contributed by atoms with E-state index in [-0.39, 0.29) is 0 Å². The number of quaternary nitrogens is 1. The maximum atomic E-state index is 9.39. The monoisotopic (exact) mass is 317 g/mol. The quantitative estimate of drug-likeness (QED) is 0.910. The second kappa shape index (κ2) is 6.59. The zero-order valence-electron chi connectivity index (χ0n) is 12.8. The summed E-state index contributed by atoms with van der Waals surface area (Å²) in [6.07, 6.45) is 0. The Morgan fingerprint density at radius 1 is 1.05 bits per heavy atom. The zero-order chi connectivity index (χ0) is 15.5. The highest BCUT2D eigenvalue weighted by Gasteiger charge is 2.26. The summed E-state index contributed by atoms with van der Waals surface area (Å²) in [5.41, 5.74) is 2.42. The third-order valence-electron chi connectivity index (χ3n) is 4.60. The van der Waals surface area contributed by atoms with Crippen LogP contribution in [0.2, 0.25) is 5.02 Å². The summed E-state index contributed by atoms with van der Waals surface area (Å²) >= 11 is 6.33. The first kappa shape index (κ1) is 15.2. The van der Waals surface area contributed by atoms with E-state index in [0.29, 0.717) is 11.8 Å². The number of phenolic OH excluding ortho intramolecular Hbond substituents is 1. The molecule has 1 aliphatic heterocycles. The third-order valence-corrected chi connectivity index (χ3v) is 4.95. The van der Waals surface area contributed by atoms with Gasteiger partial charge < -0.3 is 14.9 Å². The number of anilines is 1. The summed E-state index contributed by atoms with van der Waals surface area (Å²) in [6, 6.07) is 16.0. The molecular formula is C18H22ClN2O+. The van der Waals surface area contributed by atoms with Crippen molar-refractivity contribution in [1.82, 2.24) is 0 Å². The minimum Gasteiger partial charge on any atom is -0.508 e. The number of benzene rings is 2. The lowest BCUT2D eigenvalue weighted by molar-refractivity contribution is -0.930. The largest absolute Gasteiger partial charge is 0.508 e. The van der Waals surface area contributed by atoms with E-state index in [9.17, 15) is 5.11 Å². The second-order valence-corrected chi connectivity index (χ2v) is 6.31. The number of hydrogen-bond acceptors (Lipinski definition) is 2. The minimum absolute atomic E-state index is 0.320. The fourth-order valence-electron chi connectivity index (χ4n) is 3.19. The van der Waals surface area contributed by atoms with E-state index in [0.717, 1.165) is 31.2 Å². The zero-order valence-corrected chi connectivity index (χ0v) is 13.6. The molecule has 22 heavy (non-hydrogen) atoms. The smallest absolute Gasteiger partial charge is 0.115 e. The molecule has 1 atom stereocenters. The summed E-state index contributed by atoms with van der Waals surface area (Å²) < 4.78 is 0. The Balaban J connectivity index is 1.64. The number of rotatable bonds is 3. The van der Waals surface area contributed by atoms with Crippen molar-refractivity contribution >= 4 is 17.3 Å². The van der Waals surface area contributed by atoms with Gasteiger partial charge >= 0.3 is 0 Å². The molecule has 0 bridgehead atoms. The number of aromatic hydroxyl groups is 1. The molecule has 2 aromatic carbocycles. The van der Waals surface area contributed by atoms with Crippen LogP contribution in [-0.2, 0) is 0 Å². The number of piperazine rings is 1. The fraction of sp³-hybridized carbons (Fsp3) is 0.333. The van der Waals surface area contributed by atoms with Gasteiger partial charge in [0.15, 0.2) is 0 Å². The van der Waals surface area contributed by atoms with Gasteiger partial charge in [0.05, 0.1) is 26.2 Å². The standard InChI is InChI=1S/C18H21ClN2O/c1-14(17-4-2-3-5-18(17)19)20-10-12-21(13-11-20)15-6-8-16(22)9-7-15/h2-9,14,22H,10-13H2,1H3/p+1/t14-/m1/s1. The lowest BCUT2D eigenvalue weighted by Gasteiger charge is -2.36. The van der Waals surface area contributed by atoms with Crippen molar-refractivity contribution in [3.05, 3.63) is 59.1 Å². The molecule has 2 aromatic rings. The van der Waals surface area contributed by atoms with E-state index in [1.165, 1.54) is 11.3 Å².